The first-order valence-electron chi connectivity index (χ1n) is 11.6. The number of carbonyl (C=O) groups excluding carboxylic acids is 2. The Bertz CT molecular complexity index is 1050. The van der Waals surface area contributed by atoms with Crippen LogP contribution in [0.1, 0.15) is 24.0 Å². The van der Waals surface area contributed by atoms with Gasteiger partial charge in [-0.15, -0.1) is 0 Å². The van der Waals surface area contributed by atoms with Gasteiger partial charge in [0.1, 0.15) is 18.5 Å². The van der Waals surface area contributed by atoms with E-state index in [0.717, 1.165) is 43.6 Å². The van der Waals surface area contributed by atoms with Crippen molar-refractivity contribution >= 4 is 29.2 Å². The molecule has 174 valence electrons. The third-order valence-corrected chi connectivity index (χ3v) is 7.28. The SMILES string of the molecule is Cc1ccc(Cl)cc1N1CCCN2C3C(=O)N(CCCc4ccccc4)C(=O)N(C)C3NC12. The maximum absolute atomic E-state index is 13.6. The van der Waals surface area contributed by atoms with Crippen molar-refractivity contribution in [2.24, 2.45) is 0 Å². The molecule has 2 aromatic carbocycles. The number of urea groups is 1. The number of hydrogen-bond acceptors (Lipinski definition) is 5. The molecule has 5 rings (SSSR count). The zero-order chi connectivity index (χ0) is 23.1. The van der Waals surface area contributed by atoms with Gasteiger partial charge in [-0.2, -0.15) is 0 Å². The second-order valence-corrected chi connectivity index (χ2v) is 9.55. The Morgan fingerprint density at radius 3 is 2.67 bits per heavy atom. The Kier molecular flexibility index (Phi) is 6.03. The van der Waals surface area contributed by atoms with Crippen LogP contribution in [0.2, 0.25) is 5.02 Å². The van der Waals surface area contributed by atoms with Crippen molar-refractivity contribution in [2.75, 3.05) is 31.6 Å². The summed E-state index contributed by atoms with van der Waals surface area (Å²) in [6.07, 6.45) is 2.01. The second kappa shape index (κ2) is 8.97. The molecule has 3 aliphatic heterocycles. The lowest BCUT2D eigenvalue weighted by Crippen LogP contribution is -2.66. The third kappa shape index (κ3) is 3.98. The summed E-state index contributed by atoms with van der Waals surface area (Å²) in [5.74, 6) is -0.101. The van der Waals surface area contributed by atoms with E-state index in [1.807, 2.05) is 36.4 Å². The molecule has 33 heavy (non-hydrogen) atoms. The summed E-state index contributed by atoms with van der Waals surface area (Å²) in [5.41, 5.74) is 3.41. The summed E-state index contributed by atoms with van der Waals surface area (Å²) in [7, 11) is 1.79. The van der Waals surface area contributed by atoms with Crippen LogP contribution in [0.4, 0.5) is 10.5 Å². The van der Waals surface area contributed by atoms with Gasteiger partial charge in [-0.3, -0.25) is 19.9 Å². The van der Waals surface area contributed by atoms with Crippen molar-refractivity contribution in [3.05, 3.63) is 64.7 Å². The topological polar surface area (TPSA) is 59.1 Å². The number of aryl methyl sites for hydroxylation is 2. The van der Waals surface area contributed by atoms with E-state index in [9.17, 15) is 9.59 Å². The number of anilines is 1. The molecule has 8 heteroatoms. The minimum Gasteiger partial charge on any atom is -0.343 e. The Morgan fingerprint density at radius 2 is 1.88 bits per heavy atom. The molecule has 3 aliphatic rings. The van der Waals surface area contributed by atoms with Gasteiger partial charge in [-0.1, -0.05) is 48.0 Å². The first kappa shape index (κ1) is 22.2. The second-order valence-electron chi connectivity index (χ2n) is 9.12. The first-order chi connectivity index (χ1) is 16.0. The highest BCUT2D eigenvalue weighted by Gasteiger charge is 2.56. The number of hydrogen-bond donors (Lipinski definition) is 1. The van der Waals surface area contributed by atoms with Gasteiger partial charge in [0.05, 0.1) is 0 Å². The number of nitrogens with one attached hydrogen (secondary N) is 1. The number of nitrogens with zero attached hydrogens (tertiary/aromatic N) is 4. The fraction of sp³-hybridized carbons (Fsp3) is 0.440. The van der Waals surface area contributed by atoms with E-state index in [0.29, 0.717) is 11.6 Å². The predicted octanol–water partition coefficient (Wildman–Crippen LogP) is 3.27. The number of imide groups is 1. The Balaban J connectivity index is 1.35. The molecule has 3 saturated heterocycles. The smallest absolute Gasteiger partial charge is 0.327 e. The number of carbonyl (C=O) groups is 2. The van der Waals surface area contributed by atoms with Crippen LogP contribution in [0.15, 0.2) is 48.5 Å². The molecule has 3 unspecified atom stereocenters. The van der Waals surface area contributed by atoms with Gasteiger partial charge < -0.3 is 9.80 Å². The lowest BCUT2D eigenvalue weighted by Gasteiger charge is -2.44. The van der Waals surface area contributed by atoms with E-state index in [2.05, 4.69) is 34.2 Å². The number of fused-ring (bicyclic) bond motifs is 3. The maximum Gasteiger partial charge on any atom is 0.327 e. The van der Waals surface area contributed by atoms with E-state index in [1.165, 1.54) is 10.5 Å². The minimum absolute atomic E-state index is 0.101. The molecular formula is C25H30ClN5O2. The highest BCUT2D eigenvalue weighted by Crippen LogP contribution is 2.35. The molecule has 0 aromatic heterocycles. The largest absolute Gasteiger partial charge is 0.343 e. The Labute approximate surface area is 199 Å². The van der Waals surface area contributed by atoms with E-state index >= 15 is 0 Å². The molecule has 3 fully saturated rings. The monoisotopic (exact) mass is 467 g/mol. The molecule has 2 aromatic rings. The number of halogens is 1. The average Bonchev–Trinajstić information content (AvgIpc) is 3.22. The number of rotatable bonds is 5. The van der Waals surface area contributed by atoms with Gasteiger partial charge in [0.15, 0.2) is 0 Å². The van der Waals surface area contributed by atoms with Crippen LogP contribution in [0.3, 0.4) is 0 Å². The van der Waals surface area contributed by atoms with E-state index in [-0.39, 0.29) is 24.4 Å². The zero-order valence-electron chi connectivity index (χ0n) is 19.1. The fourth-order valence-corrected chi connectivity index (χ4v) is 5.52. The number of amides is 3. The van der Waals surface area contributed by atoms with Crippen LogP contribution in [-0.4, -0.2) is 71.8 Å². The molecule has 3 heterocycles. The molecule has 0 bridgehead atoms. The van der Waals surface area contributed by atoms with Crippen molar-refractivity contribution < 1.29 is 9.59 Å². The van der Waals surface area contributed by atoms with E-state index < -0.39 is 6.04 Å². The minimum atomic E-state index is -0.392. The van der Waals surface area contributed by atoms with Crippen molar-refractivity contribution in [1.29, 1.82) is 0 Å². The van der Waals surface area contributed by atoms with Gasteiger partial charge in [-0.05, 0) is 49.4 Å². The zero-order valence-corrected chi connectivity index (χ0v) is 19.8. The summed E-state index contributed by atoms with van der Waals surface area (Å²) < 4.78 is 0. The van der Waals surface area contributed by atoms with Gasteiger partial charge in [0.2, 0.25) is 0 Å². The molecule has 0 spiro atoms. The summed E-state index contributed by atoms with van der Waals surface area (Å²) >= 11 is 6.30. The van der Waals surface area contributed by atoms with Crippen LogP contribution < -0.4 is 10.2 Å². The standard InChI is InChI=1S/C25H30ClN5O2/c1-17-11-12-19(26)16-20(17)29-14-7-15-30-21-22(27-24(29)30)28(2)25(33)31(23(21)32)13-6-10-18-8-4-3-5-9-18/h3-5,8-9,11-12,16,21-22,24,27H,6-7,10,13-15H2,1-2H3. The summed E-state index contributed by atoms with van der Waals surface area (Å²) in [4.78, 5) is 34.3. The molecule has 3 atom stereocenters. The van der Waals surface area contributed by atoms with Gasteiger partial charge in [0, 0.05) is 37.4 Å². The normalized spacial score (nSPS) is 25.4. The predicted molar refractivity (Wildman–Crippen MR) is 129 cm³/mol. The van der Waals surface area contributed by atoms with Gasteiger partial charge in [-0.25, -0.2) is 4.79 Å². The van der Waals surface area contributed by atoms with Crippen LogP contribution in [-0.2, 0) is 11.2 Å². The van der Waals surface area contributed by atoms with Crippen molar-refractivity contribution in [3.63, 3.8) is 0 Å². The fourth-order valence-electron chi connectivity index (χ4n) is 5.35. The van der Waals surface area contributed by atoms with Gasteiger partial charge in [0.25, 0.3) is 5.91 Å². The van der Waals surface area contributed by atoms with Crippen molar-refractivity contribution in [2.45, 2.75) is 44.7 Å². The molecule has 0 saturated carbocycles. The van der Waals surface area contributed by atoms with Gasteiger partial charge >= 0.3 is 6.03 Å². The quantitative estimate of drug-likeness (QED) is 0.731. The Morgan fingerprint density at radius 1 is 1.09 bits per heavy atom. The molecule has 3 amide bonds. The molecule has 0 aliphatic carbocycles. The number of likely N-dealkylation sites (N-methyl/N-ethyl adjacent to an activating group) is 1. The maximum atomic E-state index is 13.6. The third-order valence-electron chi connectivity index (χ3n) is 7.04. The lowest BCUT2D eigenvalue weighted by molar-refractivity contribution is -0.138. The van der Waals surface area contributed by atoms with E-state index in [1.54, 1.807) is 11.9 Å². The number of benzene rings is 2. The molecule has 0 radical (unpaired) electrons. The summed E-state index contributed by atoms with van der Waals surface area (Å²) in [6, 6.07) is 15.5. The van der Waals surface area contributed by atoms with Crippen molar-refractivity contribution in [3.8, 4) is 0 Å². The summed E-state index contributed by atoms with van der Waals surface area (Å²) in [6.45, 7) is 4.17. The first-order valence-corrected chi connectivity index (χ1v) is 12.0. The average molecular weight is 468 g/mol. The molecular weight excluding hydrogens is 438 g/mol. The van der Waals surface area contributed by atoms with Crippen LogP contribution in [0.5, 0.6) is 0 Å². The van der Waals surface area contributed by atoms with Crippen molar-refractivity contribution in [1.82, 2.24) is 20.0 Å². The highest BCUT2D eigenvalue weighted by molar-refractivity contribution is 6.30. The Hall–Kier alpha value is -2.61. The highest BCUT2D eigenvalue weighted by atomic mass is 35.5. The van der Waals surface area contributed by atoms with E-state index in [4.69, 9.17) is 11.6 Å². The lowest BCUT2D eigenvalue weighted by atomic mass is 10.1. The molecule has 7 nitrogen and oxygen atoms in total. The van der Waals surface area contributed by atoms with Crippen LogP contribution >= 0.6 is 11.6 Å². The summed E-state index contributed by atoms with van der Waals surface area (Å²) in [5, 5.41) is 4.26. The van der Waals surface area contributed by atoms with Crippen LogP contribution in [0.25, 0.3) is 0 Å². The molecule has 1 N–H and O–H groups in total. The van der Waals surface area contributed by atoms with Crippen LogP contribution in [0, 0.1) is 6.92 Å².